The van der Waals surface area contributed by atoms with Gasteiger partial charge in [-0.2, -0.15) is 0 Å². The monoisotopic (exact) mass is 297 g/mol. The van der Waals surface area contributed by atoms with Gasteiger partial charge in [0.05, 0.1) is 0 Å². The van der Waals surface area contributed by atoms with Crippen molar-refractivity contribution in [2.75, 3.05) is 11.5 Å². The van der Waals surface area contributed by atoms with Gasteiger partial charge in [0.15, 0.2) is 0 Å². The van der Waals surface area contributed by atoms with Gasteiger partial charge in [0.1, 0.15) is 0 Å². The van der Waals surface area contributed by atoms with Crippen LogP contribution >= 0.6 is 0 Å². The second-order valence-corrected chi connectivity index (χ2v) is 7.69. The molecular weight excluding hydrogens is 278 g/mol. The van der Waals surface area contributed by atoms with Crippen molar-refractivity contribution < 1.29 is 4.21 Å². The summed E-state index contributed by atoms with van der Waals surface area (Å²) in [5.41, 5.74) is 6.83. The first-order valence-electron chi connectivity index (χ1n) is 7.53. The second-order valence-electron chi connectivity index (χ2n) is 6.14. The predicted octanol–water partition coefficient (Wildman–Crippen LogP) is 3.04. The van der Waals surface area contributed by atoms with E-state index in [1.54, 1.807) is 0 Å². The molecule has 2 nitrogen and oxygen atoms in total. The quantitative estimate of drug-likeness (QED) is 0.748. The summed E-state index contributed by atoms with van der Waals surface area (Å²) >= 11 is 0. The summed E-state index contributed by atoms with van der Waals surface area (Å²) in [5.74, 6) is 1.50. The average Bonchev–Trinajstić information content (AvgIpc) is 2.83. The van der Waals surface area contributed by atoms with Gasteiger partial charge in [-0.05, 0) is 41.2 Å². The summed E-state index contributed by atoms with van der Waals surface area (Å²) in [6.07, 6.45) is 1.02. The van der Waals surface area contributed by atoms with Gasteiger partial charge in [-0.1, -0.05) is 42.5 Å². The van der Waals surface area contributed by atoms with Crippen molar-refractivity contribution in [2.24, 2.45) is 0 Å². The standard InChI is InChI=1S/C18H19NOS/c1-12-10-21(20)11-18(19-12)14-6-7-17-15(9-14)8-13-4-2-3-5-16(13)17/h2-7,9,12,18-19H,8,10-11H2,1H3. The zero-order chi connectivity index (χ0) is 14.4. The lowest BCUT2D eigenvalue weighted by Crippen LogP contribution is -2.43. The number of nitrogens with one attached hydrogen (secondary N) is 1. The van der Waals surface area contributed by atoms with Crippen LogP contribution in [-0.4, -0.2) is 21.8 Å². The number of fused-ring (bicyclic) bond motifs is 3. The Hall–Kier alpha value is -1.45. The van der Waals surface area contributed by atoms with Crippen molar-refractivity contribution in [3.63, 3.8) is 0 Å². The van der Waals surface area contributed by atoms with Crippen LogP contribution in [0.4, 0.5) is 0 Å². The Labute approximate surface area is 128 Å². The van der Waals surface area contributed by atoms with Crippen LogP contribution in [0, 0.1) is 0 Å². The highest BCUT2D eigenvalue weighted by atomic mass is 32.2. The summed E-state index contributed by atoms with van der Waals surface area (Å²) in [6, 6.07) is 15.9. The molecule has 0 radical (unpaired) electrons. The molecule has 4 rings (SSSR count). The van der Waals surface area contributed by atoms with Crippen LogP contribution in [-0.2, 0) is 17.2 Å². The molecule has 0 saturated carbocycles. The predicted molar refractivity (Wildman–Crippen MR) is 87.9 cm³/mol. The van der Waals surface area contributed by atoms with Gasteiger partial charge >= 0.3 is 0 Å². The Morgan fingerprint density at radius 3 is 2.71 bits per heavy atom. The Bertz CT molecular complexity index is 725. The molecule has 1 N–H and O–H groups in total. The molecule has 3 heteroatoms. The lowest BCUT2D eigenvalue weighted by atomic mass is 10.00. The molecule has 21 heavy (non-hydrogen) atoms. The molecule has 1 aliphatic heterocycles. The average molecular weight is 297 g/mol. The molecule has 2 aliphatic rings. The van der Waals surface area contributed by atoms with Crippen LogP contribution in [0.2, 0.25) is 0 Å². The zero-order valence-electron chi connectivity index (χ0n) is 12.1. The summed E-state index contributed by atoms with van der Waals surface area (Å²) in [7, 11) is -0.702. The smallest absolute Gasteiger partial charge is 0.0439 e. The summed E-state index contributed by atoms with van der Waals surface area (Å²) < 4.78 is 11.9. The minimum Gasteiger partial charge on any atom is -0.306 e. The van der Waals surface area contributed by atoms with Crippen LogP contribution in [0.3, 0.4) is 0 Å². The van der Waals surface area contributed by atoms with Gasteiger partial charge in [0.2, 0.25) is 0 Å². The van der Waals surface area contributed by atoms with Crippen LogP contribution in [0.25, 0.3) is 11.1 Å². The third-order valence-electron chi connectivity index (χ3n) is 4.49. The molecule has 2 aromatic rings. The van der Waals surface area contributed by atoms with E-state index in [0.717, 1.165) is 17.9 Å². The molecule has 0 aromatic heterocycles. The van der Waals surface area contributed by atoms with Crippen molar-refractivity contribution in [1.29, 1.82) is 0 Å². The normalized spacial score (nSPS) is 27.2. The summed E-state index contributed by atoms with van der Waals surface area (Å²) in [6.45, 7) is 2.12. The summed E-state index contributed by atoms with van der Waals surface area (Å²) in [5, 5.41) is 3.58. The highest BCUT2D eigenvalue weighted by Crippen LogP contribution is 2.37. The van der Waals surface area contributed by atoms with E-state index in [9.17, 15) is 4.21 Å². The molecule has 0 spiro atoms. The fourth-order valence-electron chi connectivity index (χ4n) is 3.55. The number of hydrogen-bond donors (Lipinski definition) is 1. The molecule has 3 unspecified atom stereocenters. The fourth-order valence-corrected chi connectivity index (χ4v) is 5.00. The Kier molecular flexibility index (Phi) is 3.20. The summed E-state index contributed by atoms with van der Waals surface area (Å²) in [4.78, 5) is 0. The van der Waals surface area contributed by atoms with Gasteiger partial charge in [0, 0.05) is 34.4 Å². The molecule has 1 fully saturated rings. The van der Waals surface area contributed by atoms with Gasteiger partial charge in [-0.15, -0.1) is 0 Å². The van der Waals surface area contributed by atoms with E-state index < -0.39 is 10.8 Å². The first kappa shape index (κ1) is 13.2. The van der Waals surface area contributed by atoms with Crippen molar-refractivity contribution in [3.05, 3.63) is 59.2 Å². The van der Waals surface area contributed by atoms with Crippen molar-refractivity contribution >= 4 is 10.8 Å². The van der Waals surface area contributed by atoms with E-state index in [0.29, 0.717) is 6.04 Å². The first-order valence-corrected chi connectivity index (χ1v) is 9.01. The molecule has 108 valence electrons. The molecule has 3 atom stereocenters. The maximum Gasteiger partial charge on any atom is 0.0439 e. The third-order valence-corrected chi connectivity index (χ3v) is 6.07. The Morgan fingerprint density at radius 1 is 1.05 bits per heavy atom. The molecular formula is C18H19NOS. The molecule has 0 amide bonds. The minimum absolute atomic E-state index is 0.226. The Balaban J connectivity index is 1.68. The van der Waals surface area contributed by atoms with Crippen molar-refractivity contribution in [1.82, 2.24) is 5.32 Å². The molecule has 1 saturated heterocycles. The van der Waals surface area contributed by atoms with Crippen LogP contribution in [0.5, 0.6) is 0 Å². The van der Waals surface area contributed by atoms with E-state index in [-0.39, 0.29) is 6.04 Å². The van der Waals surface area contributed by atoms with Crippen LogP contribution < -0.4 is 5.32 Å². The van der Waals surface area contributed by atoms with Crippen molar-refractivity contribution in [3.8, 4) is 11.1 Å². The number of hydrogen-bond acceptors (Lipinski definition) is 2. The molecule has 1 aliphatic carbocycles. The molecule has 2 aromatic carbocycles. The van der Waals surface area contributed by atoms with Gasteiger partial charge in [0.25, 0.3) is 0 Å². The lowest BCUT2D eigenvalue weighted by Gasteiger charge is -2.29. The zero-order valence-corrected chi connectivity index (χ0v) is 13.0. The van der Waals surface area contributed by atoms with Gasteiger partial charge in [-0.3, -0.25) is 4.21 Å². The highest BCUT2D eigenvalue weighted by molar-refractivity contribution is 7.85. The van der Waals surface area contributed by atoms with Crippen LogP contribution in [0.1, 0.15) is 29.7 Å². The van der Waals surface area contributed by atoms with E-state index >= 15 is 0 Å². The highest BCUT2D eigenvalue weighted by Gasteiger charge is 2.26. The SMILES string of the molecule is CC1CS(=O)CC(c2ccc3c(c2)Cc2ccccc2-3)N1. The fraction of sp³-hybridized carbons (Fsp3) is 0.333. The number of benzene rings is 2. The topological polar surface area (TPSA) is 29.1 Å². The van der Waals surface area contributed by atoms with Crippen molar-refractivity contribution in [2.45, 2.75) is 25.4 Å². The third kappa shape index (κ3) is 2.34. The largest absolute Gasteiger partial charge is 0.306 e. The van der Waals surface area contributed by atoms with Gasteiger partial charge in [-0.25, -0.2) is 0 Å². The second kappa shape index (κ2) is 5.08. The Morgan fingerprint density at radius 2 is 1.86 bits per heavy atom. The lowest BCUT2D eigenvalue weighted by molar-refractivity contribution is 0.489. The van der Waals surface area contributed by atoms with E-state index in [1.807, 2.05) is 0 Å². The maximum atomic E-state index is 11.9. The van der Waals surface area contributed by atoms with Gasteiger partial charge < -0.3 is 5.32 Å². The van der Waals surface area contributed by atoms with Crippen LogP contribution in [0.15, 0.2) is 42.5 Å². The molecule has 0 bridgehead atoms. The first-order chi connectivity index (χ1) is 10.2. The maximum absolute atomic E-state index is 11.9. The van der Waals surface area contributed by atoms with E-state index in [2.05, 4.69) is 54.7 Å². The van der Waals surface area contributed by atoms with E-state index in [4.69, 9.17) is 0 Å². The number of rotatable bonds is 1. The minimum atomic E-state index is -0.702. The van der Waals surface area contributed by atoms with E-state index in [1.165, 1.54) is 27.8 Å². The molecule has 1 heterocycles.